The molecule has 1 aromatic carbocycles. The highest BCUT2D eigenvalue weighted by Gasteiger charge is 2.22. The lowest BCUT2D eigenvalue weighted by molar-refractivity contribution is 0.0999. The predicted molar refractivity (Wildman–Crippen MR) is 82.5 cm³/mol. The Hall–Kier alpha value is -1.35. The second-order valence-electron chi connectivity index (χ2n) is 5.82. The maximum atomic E-state index is 11.4. The highest BCUT2D eigenvalue weighted by molar-refractivity contribution is 5.94. The van der Waals surface area contributed by atoms with E-state index in [1.165, 1.54) is 32.1 Å². The van der Waals surface area contributed by atoms with Crippen LogP contribution in [0.3, 0.4) is 0 Å². The van der Waals surface area contributed by atoms with Gasteiger partial charge in [-0.2, -0.15) is 0 Å². The van der Waals surface area contributed by atoms with Gasteiger partial charge in [-0.25, -0.2) is 0 Å². The van der Waals surface area contributed by atoms with Crippen molar-refractivity contribution in [2.24, 2.45) is 11.7 Å². The van der Waals surface area contributed by atoms with Gasteiger partial charge in [-0.3, -0.25) is 4.79 Å². The zero-order chi connectivity index (χ0) is 14.4. The van der Waals surface area contributed by atoms with E-state index in [4.69, 9.17) is 5.73 Å². The van der Waals surface area contributed by atoms with Gasteiger partial charge in [0, 0.05) is 18.2 Å². The summed E-state index contributed by atoms with van der Waals surface area (Å²) >= 11 is 0. The highest BCUT2D eigenvalue weighted by atomic mass is 16.1. The molecule has 3 heteroatoms. The Labute approximate surface area is 121 Å². The SMILES string of the molecule is CCC(NCc1ccccc1C(N)=O)C1CCCCC1. The molecule has 2 rings (SSSR count). The Bertz CT molecular complexity index is 438. The number of hydrogen-bond donors (Lipinski definition) is 2. The molecule has 1 aliphatic carbocycles. The minimum absolute atomic E-state index is 0.340. The van der Waals surface area contributed by atoms with E-state index in [1.54, 1.807) is 6.07 Å². The second kappa shape index (κ2) is 7.44. The van der Waals surface area contributed by atoms with Crippen LogP contribution in [0, 0.1) is 5.92 Å². The molecular formula is C17H26N2O. The van der Waals surface area contributed by atoms with Crippen molar-refractivity contribution < 1.29 is 4.79 Å². The molecule has 3 N–H and O–H groups in total. The number of primary amides is 1. The number of carbonyl (C=O) groups is 1. The van der Waals surface area contributed by atoms with Gasteiger partial charge in [-0.1, -0.05) is 44.4 Å². The van der Waals surface area contributed by atoms with Crippen LogP contribution in [0.5, 0.6) is 0 Å². The molecule has 3 nitrogen and oxygen atoms in total. The minimum atomic E-state index is -0.340. The van der Waals surface area contributed by atoms with Gasteiger partial charge in [0.15, 0.2) is 0 Å². The topological polar surface area (TPSA) is 55.1 Å². The molecule has 0 bridgehead atoms. The Morgan fingerprint density at radius 2 is 2.00 bits per heavy atom. The highest BCUT2D eigenvalue weighted by Crippen LogP contribution is 2.28. The van der Waals surface area contributed by atoms with E-state index in [1.807, 2.05) is 18.2 Å². The van der Waals surface area contributed by atoms with E-state index in [0.717, 1.165) is 24.4 Å². The Morgan fingerprint density at radius 1 is 1.30 bits per heavy atom. The van der Waals surface area contributed by atoms with Crippen molar-refractivity contribution in [2.45, 2.75) is 58.0 Å². The predicted octanol–water partition coefficient (Wildman–Crippen LogP) is 3.23. The average molecular weight is 274 g/mol. The third-order valence-electron chi connectivity index (χ3n) is 4.50. The summed E-state index contributed by atoms with van der Waals surface area (Å²) in [5.74, 6) is 0.447. The van der Waals surface area contributed by atoms with Gasteiger partial charge in [0.05, 0.1) is 0 Å². The van der Waals surface area contributed by atoms with Gasteiger partial charge >= 0.3 is 0 Å². The summed E-state index contributed by atoms with van der Waals surface area (Å²) in [7, 11) is 0. The normalized spacial score (nSPS) is 17.9. The van der Waals surface area contributed by atoms with Crippen LogP contribution in [0.2, 0.25) is 0 Å². The van der Waals surface area contributed by atoms with E-state index in [9.17, 15) is 4.79 Å². The summed E-state index contributed by atoms with van der Waals surface area (Å²) < 4.78 is 0. The fourth-order valence-corrected chi connectivity index (χ4v) is 3.34. The average Bonchev–Trinajstić information content (AvgIpc) is 2.49. The molecule has 0 aromatic heterocycles. The van der Waals surface area contributed by atoms with Gasteiger partial charge in [0.2, 0.25) is 5.91 Å². The summed E-state index contributed by atoms with van der Waals surface area (Å²) in [6.45, 7) is 2.97. The molecule has 1 fully saturated rings. The van der Waals surface area contributed by atoms with Gasteiger partial charge in [-0.15, -0.1) is 0 Å². The van der Waals surface area contributed by atoms with Crippen molar-refractivity contribution in [3.8, 4) is 0 Å². The summed E-state index contributed by atoms with van der Waals surface area (Å²) in [5.41, 5.74) is 7.08. The number of nitrogens with one attached hydrogen (secondary N) is 1. The van der Waals surface area contributed by atoms with E-state index in [0.29, 0.717) is 11.6 Å². The van der Waals surface area contributed by atoms with Crippen molar-refractivity contribution >= 4 is 5.91 Å². The number of rotatable bonds is 6. The molecule has 0 spiro atoms. The van der Waals surface area contributed by atoms with Gasteiger partial charge in [-0.05, 0) is 36.8 Å². The largest absolute Gasteiger partial charge is 0.366 e. The first-order valence-corrected chi connectivity index (χ1v) is 7.83. The Kier molecular flexibility index (Phi) is 5.60. The maximum Gasteiger partial charge on any atom is 0.249 e. The number of amides is 1. The lowest BCUT2D eigenvalue weighted by atomic mass is 9.83. The molecule has 1 atom stereocenters. The van der Waals surface area contributed by atoms with Crippen LogP contribution in [0.4, 0.5) is 0 Å². The molecule has 110 valence electrons. The lowest BCUT2D eigenvalue weighted by Gasteiger charge is -2.30. The van der Waals surface area contributed by atoms with Crippen molar-refractivity contribution in [1.29, 1.82) is 0 Å². The van der Waals surface area contributed by atoms with Crippen molar-refractivity contribution in [3.63, 3.8) is 0 Å². The number of hydrogen-bond acceptors (Lipinski definition) is 2. The van der Waals surface area contributed by atoms with Crippen LogP contribution in [0.15, 0.2) is 24.3 Å². The maximum absolute atomic E-state index is 11.4. The molecule has 0 heterocycles. The van der Waals surface area contributed by atoms with Crippen LogP contribution in [0.25, 0.3) is 0 Å². The summed E-state index contributed by atoms with van der Waals surface area (Å²) in [4.78, 5) is 11.4. The zero-order valence-electron chi connectivity index (χ0n) is 12.4. The first kappa shape index (κ1) is 15.0. The van der Waals surface area contributed by atoms with Crippen molar-refractivity contribution in [1.82, 2.24) is 5.32 Å². The molecule has 1 aliphatic rings. The number of benzene rings is 1. The summed E-state index contributed by atoms with van der Waals surface area (Å²) in [5, 5.41) is 3.64. The fourth-order valence-electron chi connectivity index (χ4n) is 3.34. The third kappa shape index (κ3) is 3.83. The van der Waals surface area contributed by atoms with E-state index >= 15 is 0 Å². The summed E-state index contributed by atoms with van der Waals surface area (Å²) in [6.07, 6.45) is 7.92. The first-order valence-electron chi connectivity index (χ1n) is 7.83. The lowest BCUT2D eigenvalue weighted by Crippen LogP contribution is -2.36. The molecule has 0 radical (unpaired) electrons. The molecule has 1 saturated carbocycles. The van der Waals surface area contributed by atoms with Crippen LogP contribution < -0.4 is 11.1 Å². The number of nitrogens with two attached hydrogens (primary N) is 1. The van der Waals surface area contributed by atoms with Crippen LogP contribution >= 0.6 is 0 Å². The molecule has 0 saturated heterocycles. The van der Waals surface area contributed by atoms with E-state index < -0.39 is 0 Å². The van der Waals surface area contributed by atoms with E-state index in [-0.39, 0.29) is 5.91 Å². The van der Waals surface area contributed by atoms with Crippen LogP contribution in [-0.2, 0) is 6.54 Å². The molecule has 1 aromatic rings. The molecule has 20 heavy (non-hydrogen) atoms. The standard InChI is InChI=1S/C17H26N2O/c1-2-16(13-8-4-3-5-9-13)19-12-14-10-6-7-11-15(14)17(18)20/h6-7,10-11,13,16,19H,2-5,8-9,12H2,1H3,(H2,18,20). The van der Waals surface area contributed by atoms with Crippen LogP contribution in [0.1, 0.15) is 61.4 Å². The third-order valence-corrected chi connectivity index (χ3v) is 4.50. The van der Waals surface area contributed by atoms with E-state index in [2.05, 4.69) is 12.2 Å². The minimum Gasteiger partial charge on any atom is -0.366 e. The summed E-state index contributed by atoms with van der Waals surface area (Å²) in [6, 6.07) is 8.17. The number of carbonyl (C=O) groups excluding carboxylic acids is 1. The van der Waals surface area contributed by atoms with Crippen molar-refractivity contribution in [2.75, 3.05) is 0 Å². The fraction of sp³-hybridized carbons (Fsp3) is 0.588. The second-order valence-corrected chi connectivity index (χ2v) is 5.82. The van der Waals surface area contributed by atoms with Gasteiger partial charge in [0.1, 0.15) is 0 Å². The molecule has 1 unspecified atom stereocenters. The molecular weight excluding hydrogens is 248 g/mol. The van der Waals surface area contributed by atoms with Gasteiger partial charge < -0.3 is 11.1 Å². The molecule has 1 amide bonds. The van der Waals surface area contributed by atoms with Gasteiger partial charge in [0.25, 0.3) is 0 Å². The smallest absolute Gasteiger partial charge is 0.249 e. The Balaban J connectivity index is 1.97. The first-order chi connectivity index (χ1) is 9.72. The quantitative estimate of drug-likeness (QED) is 0.836. The molecule has 0 aliphatic heterocycles. The van der Waals surface area contributed by atoms with Crippen molar-refractivity contribution in [3.05, 3.63) is 35.4 Å². The monoisotopic (exact) mass is 274 g/mol. The van der Waals surface area contributed by atoms with Crippen LogP contribution in [-0.4, -0.2) is 11.9 Å². The Morgan fingerprint density at radius 3 is 2.65 bits per heavy atom. The zero-order valence-corrected chi connectivity index (χ0v) is 12.4.